The first-order chi connectivity index (χ1) is 9.22. The Morgan fingerprint density at radius 2 is 2.11 bits per heavy atom. The van der Waals surface area contributed by atoms with Crippen LogP contribution in [0, 0.1) is 5.82 Å². The van der Waals surface area contributed by atoms with Crippen LogP contribution in [0.25, 0.3) is 0 Å². The van der Waals surface area contributed by atoms with Crippen LogP contribution in [-0.4, -0.2) is 19.7 Å². The maximum Gasteiger partial charge on any atom is 0.234 e. The molecular formula is C15H18FNO2. The van der Waals surface area contributed by atoms with Gasteiger partial charge in [0.05, 0.1) is 13.7 Å². The molecule has 1 aliphatic carbocycles. The van der Waals surface area contributed by atoms with Crippen LogP contribution in [0.1, 0.15) is 37.7 Å². The summed E-state index contributed by atoms with van der Waals surface area (Å²) in [7, 11) is 1.45. The van der Waals surface area contributed by atoms with E-state index < -0.39 is 0 Å². The third kappa shape index (κ3) is 2.85. The first-order valence-corrected chi connectivity index (χ1v) is 6.59. The zero-order valence-corrected chi connectivity index (χ0v) is 11.1. The number of halogens is 1. The van der Waals surface area contributed by atoms with E-state index in [-0.39, 0.29) is 17.0 Å². The van der Waals surface area contributed by atoms with E-state index in [1.807, 2.05) is 6.07 Å². The van der Waals surface area contributed by atoms with Crippen LogP contribution >= 0.6 is 0 Å². The van der Waals surface area contributed by atoms with Gasteiger partial charge in [-0.15, -0.1) is 0 Å². The third-order valence-corrected chi connectivity index (χ3v) is 4.02. The lowest BCUT2D eigenvalue weighted by Crippen LogP contribution is -2.32. The van der Waals surface area contributed by atoms with E-state index in [2.05, 4.69) is 4.99 Å². The van der Waals surface area contributed by atoms with Gasteiger partial charge in [0.1, 0.15) is 0 Å². The minimum Gasteiger partial charge on any atom is -0.494 e. The van der Waals surface area contributed by atoms with Crippen molar-refractivity contribution in [3.63, 3.8) is 0 Å². The highest BCUT2D eigenvalue weighted by Gasteiger charge is 2.34. The highest BCUT2D eigenvalue weighted by Crippen LogP contribution is 2.40. The predicted molar refractivity (Wildman–Crippen MR) is 70.7 cm³/mol. The molecule has 4 heteroatoms. The molecule has 102 valence electrons. The van der Waals surface area contributed by atoms with E-state index >= 15 is 0 Å². The van der Waals surface area contributed by atoms with Crippen molar-refractivity contribution in [3.05, 3.63) is 29.6 Å². The number of benzene rings is 1. The number of ether oxygens (including phenoxy) is 1. The average molecular weight is 263 g/mol. The number of methoxy groups -OCH3 is 1. The Kier molecular flexibility index (Phi) is 4.33. The highest BCUT2D eigenvalue weighted by molar-refractivity contribution is 5.37. The Bertz CT molecular complexity index is 489. The Hall–Kier alpha value is -1.67. The first kappa shape index (κ1) is 13.8. The van der Waals surface area contributed by atoms with Crippen molar-refractivity contribution in [1.29, 1.82) is 0 Å². The van der Waals surface area contributed by atoms with E-state index in [0.29, 0.717) is 6.54 Å². The van der Waals surface area contributed by atoms with Gasteiger partial charge in [0, 0.05) is 5.41 Å². The maximum absolute atomic E-state index is 13.9. The van der Waals surface area contributed by atoms with Gasteiger partial charge in [-0.05, 0) is 30.5 Å². The summed E-state index contributed by atoms with van der Waals surface area (Å²) in [5.74, 6) is -0.117. The van der Waals surface area contributed by atoms with Crippen LogP contribution in [-0.2, 0) is 10.2 Å². The van der Waals surface area contributed by atoms with Crippen molar-refractivity contribution in [1.82, 2.24) is 0 Å². The van der Waals surface area contributed by atoms with Gasteiger partial charge in [0.25, 0.3) is 0 Å². The van der Waals surface area contributed by atoms with Gasteiger partial charge in [0.15, 0.2) is 11.6 Å². The molecule has 0 N–H and O–H groups in total. The van der Waals surface area contributed by atoms with Gasteiger partial charge >= 0.3 is 0 Å². The molecule has 0 spiro atoms. The van der Waals surface area contributed by atoms with Crippen molar-refractivity contribution in [2.24, 2.45) is 4.99 Å². The molecule has 0 bridgehead atoms. The second kappa shape index (κ2) is 5.98. The molecule has 0 amide bonds. The number of rotatable bonds is 4. The molecule has 0 heterocycles. The number of carbonyl (C=O) groups excluding carboxylic acids is 1. The monoisotopic (exact) mass is 263 g/mol. The van der Waals surface area contributed by atoms with Crippen molar-refractivity contribution in [3.8, 4) is 5.75 Å². The van der Waals surface area contributed by atoms with Crippen LogP contribution in [0.2, 0.25) is 0 Å². The normalized spacial score (nSPS) is 17.6. The summed E-state index contributed by atoms with van der Waals surface area (Å²) in [4.78, 5) is 14.2. The number of isocyanates is 1. The Labute approximate surface area is 112 Å². The molecule has 1 saturated carbocycles. The van der Waals surface area contributed by atoms with Crippen LogP contribution in [0.3, 0.4) is 0 Å². The fourth-order valence-corrected chi connectivity index (χ4v) is 2.95. The quantitative estimate of drug-likeness (QED) is 0.617. The highest BCUT2D eigenvalue weighted by atomic mass is 19.1. The van der Waals surface area contributed by atoms with Crippen molar-refractivity contribution in [2.75, 3.05) is 13.7 Å². The zero-order valence-electron chi connectivity index (χ0n) is 11.1. The predicted octanol–water partition coefficient (Wildman–Crippen LogP) is 3.37. The summed E-state index contributed by atoms with van der Waals surface area (Å²) < 4.78 is 18.8. The summed E-state index contributed by atoms with van der Waals surface area (Å²) in [6.07, 6.45) is 6.83. The Morgan fingerprint density at radius 1 is 1.37 bits per heavy atom. The van der Waals surface area contributed by atoms with Gasteiger partial charge in [-0.3, -0.25) is 0 Å². The molecule has 1 fully saturated rings. The summed E-state index contributed by atoms with van der Waals surface area (Å²) in [6, 6.07) is 5.05. The first-order valence-electron chi connectivity index (χ1n) is 6.59. The standard InChI is InChI=1S/C15H18FNO2/c1-19-14-6-5-12(9-13(14)16)15(10-17-11-18)7-3-2-4-8-15/h5-6,9H,2-4,7-8,10H2,1H3. The summed E-state index contributed by atoms with van der Waals surface area (Å²) >= 11 is 0. The molecule has 1 aromatic rings. The second-order valence-electron chi connectivity index (χ2n) is 5.10. The minimum atomic E-state index is -0.361. The molecule has 0 aromatic heterocycles. The number of hydrogen-bond acceptors (Lipinski definition) is 3. The second-order valence-corrected chi connectivity index (χ2v) is 5.10. The summed E-state index contributed by atoms with van der Waals surface area (Å²) in [6.45, 7) is 0.391. The van der Waals surface area contributed by atoms with E-state index in [9.17, 15) is 9.18 Å². The topological polar surface area (TPSA) is 38.7 Å². The Morgan fingerprint density at radius 3 is 2.68 bits per heavy atom. The fraction of sp³-hybridized carbons (Fsp3) is 0.533. The van der Waals surface area contributed by atoms with E-state index in [1.165, 1.54) is 19.6 Å². The lowest BCUT2D eigenvalue weighted by atomic mass is 9.69. The zero-order chi connectivity index (χ0) is 13.7. The van der Waals surface area contributed by atoms with Gasteiger partial charge in [0.2, 0.25) is 6.08 Å². The molecule has 0 aliphatic heterocycles. The molecule has 1 aromatic carbocycles. The molecule has 19 heavy (non-hydrogen) atoms. The lowest BCUT2D eigenvalue weighted by Gasteiger charge is -2.36. The van der Waals surface area contributed by atoms with E-state index in [1.54, 1.807) is 12.1 Å². The molecule has 3 nitrogen and oxygen atoms in total. The number of nitrogens with zero attached hydrogens (tertiary/aromatic N) is 1. The smallest absolute Gasteiger partial charge is 0.234 e. The van der Waals surface area contributed by atoms with Crippen LogP contribution in [0.5, 0.6) is 5.75 Å². The number of aliphatic imine (C=N–C) groups is 1. The molecule has 2 rings (SSSR count). The molecule has 1 aliphatic rings. The van der Waals surface area contributed by atoms with Crippen molar-refractivity contribution < 1.29 is 13.9 Å². The maximum atomic E-state index is 13.9. The Balaban J connectivity index is 2.37. The van der Waals surface area contributed by atoms with Gasteiger partial charge in [-0.25, -0.2) is 14.2 Å². The molecule has 0 unspecified atom stereocenters. The van der Waals surface area contributed by atoms with Crippen LogP contribution in [0.15, 0.2) is 23.2 Å². The molecule has 0 radical (unpaired) electrons. The minimum absolute atomic E-state index is 0.219. The van der Waals surface area contributed by atoms with Crippen molar-refractivity contribution >= 4 is 6.08 Å². The fourth-order valence-electron chi connectivity index (χ4n) is 2.95. The van der Waals surface area contributed by atoms with Gasteiger partial charge in [-0.1, -0.05) is 25.3 Å². The SMILES string of the molecule is COc1ccc(C2(CN=C=O)CCCCC2)cc1F. The third-order valence-electron chi connectivity index (χ3n) is 4.02. The summed E-state index contributed by atoms with van der Waals surface area (Å²) in [5.41, 5.74) is 0.687. The van der Waals surface area contributed by atoms with Gasteiger partial charge < -0.3 is 4.74 Å². The summed E-state index contributed by atoms with van der Waals surface area (Å²) in [5, 5.41) is 0. The number of hydrogen-bond donors (Lipinski definition) is 0. The lowest BCUT2D eigenvalue weighted by molar-refractivity contribution is 0.299. The average Bonchev–Trinajstić information content (AvgIpc) is 2.46. The van der Waals surface area contributed by atoms with Crippen molar-refractivity contribution in [2.45, 2.75) is 37.5 Å². The molecule has 0 saturated heterocycles. The van der Waals surface area contributed by atoms with E-state index in [0.717, 1.165) is 31.2 Å². The van der Waals surface area contributed by atoms with Crippen LogP contribution < -0.4 is 4.74 Å². The molecule has 0 atom stereocenters. The van der Waals surface area contributed by atoms with Crippen LogP contribution in [0.4, 0.5) is 4.39 Å². The van der Waals surface area contributed by atoms with Gasteiger partial charge in [-0.2, -0.15) is 0 Å². The largest absolute Gasteiger partial charge is 0.494 e. The molecular weight excluding hydrogens is 245 g/mol. The van der Waals surface area contributed by atoms with E-state index in [4.69, 9.17) is 4.74 Å².